The summed E-state index contributed by atoms with van der Waals surface area (Å²) in [6.07, 6.45) is 1.39. The van der Waals surface area contributed by atoms with Gasteiger partial charge in [0.05, 0.1) is 52.1 Å². The van der Waals surface area contributed by atoms with Gasteiger partial charge in [0.2, 0.25) is 5.95 Å². The number of nitrogens with one attached hydrogen (secondary N) is 1. The summed E-state index contributed by atoms with van der Waals surface area (Å²) < 4.78 is 22.4. The van der Waals surface area contributed by atoms with E-state index in [0.717, 1.165) is 0 Å². The molecule has 1 saturated heterocycles. The molecule has 4 rings (SSSR count). The lowest BCUT2D eigenvalue weighted by atomic mass is 10.1. The highest BCUT2D eigenvalue weighted by atomic mass is 35.5. The predicted molar refractivity (Wildman–Crippen MR) is 117 cm³/mol. The van der Waals surface area contributed by atoms with Crippen molar-refractivity contribution in [3.63, 3.8) is 0 Å². The number of hydrogen-bond donors (Lipinski definition) is 2. The molecule has 7 nitrogen and oxygen atoms in total. The lowest BCUT2D eigenvalue weighted by Gasteiger charge is -2.28. The number of benzene rings is 1. The first kappa shape index (κ1) is 21.5. The molecule has 3 aromatic rings. The van der Waals surface area contributed by atoms with Gasteiger partial charge in [-0.15, -0.1) is 0 Å². The zero-order chi connectivity index (χ0) is 22.3. The fourth-order valence-corrected chi connectivity index (χ4v) is 4.35. The third-order valence-electron chi connectivity index (χ3n) is 5.59. The van der Waals surface area contributed by atoms with Crippen LogP contribution in [0.1, 0.15) is 37.6 Å². The van der Waals surface area contributed by atoms with Crippen LogP contribution in [0.3, 0.4) is 0 Å². The number of rotatable bonds is 4. The van der Waals surface area contributed by atoms with Crippen LogP contribution in [-0.4, -0.2) is 45.0 Å². The molecule has 3 heterocycles. The maximum atomic E-state index is 15.2. The highest BCUT2D eigenvalue weighted by molar-refractivity contribution is 6.33. The third-order valence-corrected chi connectivity index (χ3v) is 5.87. The number of hydrogen-bond acceptors (Lipinski definition) is 6. The van der Waals surface area contributed by atoms with Gasteiger partial charge >= 0.3 is 0 Å². The molecule has 0 unspecified atom stereocenters. The third kappa shape index (κ3) is 3.85. The molecule has 1 aliphatic heterocycles. The Kier molecular flexibility index (Phi) is 5.84. The second kappa shape index (κ2) is 8.42. The van der Waals surface area contributed by atoms with E-state index in [1.807, 2.05) is 25.3 Å². The number of aliphatic hydroxyl groups is 1. The predicted octanol–water partition coefficient (Wildman–Crippen LogP) is 4.21. The van der Waals surface area contributed by atoms with E-state index in [4.69, 9.17) is 16.3 Å². The molecule has 0 bridgehead atoms. The quantitative estimate of drug-likeness (QED) is 0.627. The van der Waals surface area contributed by atoms with E-state index in [1.165, 1.54) is 12.3 Å². The Morgan fingerprint density at radius 3 is 2.87 bits per heavy atom. The van der Waals surface area contributed by atoms with Crippen LogP contribution in [0.4, 0.5) is 10.3 Å². The standard InChI is InChI=1S/C22H23ClFN5O2/c1-11(2)29-12(3)14(8-25)20-16(24)6-13(7-18(20)29)21-15(23)9-26-22(28-21)27-17-4-5-31-10-19(17)30/h6-7,9,11,17,19,30H,4-5,10H2,1-3H3,(H,26,27,28)/t17-,19-/m0/s1. The lowest BCUT2D eigenvalue weighted by Crippen LogP contribution is -2.42. The Morgan fingerprint density at radius 1 is 1.42 bits per heavy atom. The van der Waals surface area contributed by atoms with Gasteiger partial charge in [-0.05, 0) is 39.3 Å². The first-order chi connectivity index (χ1) is 14.8. The number of anilines is 1. The Hall–Kier alpha value is -2.73. The highest BCUT2D eigenvalue weighted by Crippen LogP contribution is 2.36. The average Bonchev–Trinajstić information content (AvgIpc) is 3.02. The molecule has 0 saturated carbocycles. The van der Waals surface area contributed by atoms with E-state index in [-0.39, 0.29) is 23.7 Å². The Balaban J connectivity index is 1.82. The van der Waals surface area contributed by atoms with Crippen molar-refractivity contribution in [2.45, 2.75) is 45.4 Å². The minimum absolute atomic E-state index is 0.0346. The molecule has 162 valence electrons. The van der Waals surface area contributed by atoms with Gasteiger partial charge in [-0.2, -0.15) is 5.26 Å². The van der Waals surface area contributed by atoms with Crippen LogP contribution in [0.15, 0.2) is 18.3 Å². The molecule has 1 aliphatic rings. The molecular weight excluding hydrogens is 421 g/mol. The molecule has 2 atom stereocenters. The SMILES string of the molecule is Cc1c(C#N)c2c(F)cc(-c3nc(N[C@H]4CCOC[C@@H]4O)ncc3Cl)cc2n1C(C)C. The van der Waals surface area contributed by atoms with Crippen molar-refractivity contribution in [2.75, 3.05) is 18.5 Å². The number of fused-ring (bicyclic) bond motifs is 1. The minimum atomic E-state index is -0.674. The summed E-state index contributed by atoms with van der Waals surface area (Å²) in [5.41, 5.74) is 2.51. The number of ether oxygens (including phenoxy) is 1. The summed E-state index contributed by atoms with van der Waals surface area (Å²) in [6.45, 7) is 6.56. The lowest BCUT2D eigenvalue weighted by molar-refractivity contribution is -0.0136. The summed E-state index contributed by atoms with van der Waals surface area (Å²) in [5.74, 6) is -0.213. The summed E-state index contributed by atoms with van der Waals surface area (Å²) in [5, 5.41) is 23.4. The maximum Gasteiger partial charge on any atom is 0.223 e. The van der Waals surface area contributed by atoms with Crippen LogP contribution in [0, 0.1) is 24.1 Å². The molecule has 2 aromatic heterocycles. The van der Waals surface area contributed by atoms with Crippen molar-refractivity contribution >= 4 is 28.5 Å². The van der Waals surface area contributed by atoms with Crippen LogP contribution >= 0.6 is 11.6 Å². The smallest absolute Gasteiger partial charge is 0.223 e. The van der Waals surface area contributed by atoms with Gasteiger partial charge in [0.1, 0.15) is 11.9 Å². The Morgan fingerprint density at radius 2 is 2.19 bits per heavy atom. The fraction of sp³-hybridized carbons (Fsp3) is 0.409. The van der Waals surface area contributed by atoms with Crippen molar-refractivity contribution in [1.29, 1.82) is 5.26 Å². The van der Waals surface area contributed by atoms with Crippen molar-refractivity contribution in [3.05, 3.63) is 40.4 Å². The molecule has 2 N–H and O–H groups in total. The monoisotopic (exact) mass is 443 g/mol. The van der Waals surface area contributed by atoms with Crippen LogP contribution in [0.2, 0.25) is 5.02 Å². The molecular formula is C22H23ClFN5O2. The second-order valence-electron chi connectivity index (χ2n) is 7.96. The van der Waals surface area contributed by atoms with Crippen molar-refractivity contribution in [3.8, 4) is 17.3 Å². The Labute approximate surface area is 184 Å². The molecule has 1 fully saturated rings. The highest BCUT2D eigenvalue weighted by Gasteiger charge is 2.25. The van der Waals surface area contributed by atoms with Gasteiger partial charge in [-0.1, -0.05) is 11.6 Å². The van der Waals surface area contributed by atoms with Crippen LogP contribution in [-0.2, 0) is 4.74 Å². The first-order valence-electron chi connectivity index (χ1n) is 10.1. The fourth-order valence-electron chi connectivity index (χ4n) is 4.15. The van der Waals surface area contributed by atoms with Crippen molar-refractivity contribution in [1.82, 2.24) is 14.5 Å². The molecule has 0 radical (unpaired) electrons. The van der Waals surface area contributed by atoms with Gasteiger partial charge in [0, 0.05) is 23.9 Å². The van der Waals surface area contributed by atoms with E-state index in [1.54, 1.807) is 6.07 Å². The summed E-state index contributed by atoms with van der Waals surface area (Å²) in [6, 6.07) is 5.05. The zero-order valence-electron chi connectivity index (χ0n) is 17.5. The number of halogens is 2. The first-order valence-corrected chi connectivity index (χ1v) is 10.5. The van der Waals surface area contributed by atoms with Gasteiger partial charge < -0.3 is 19.7 Å². The van der Waals surface area contributed by atoms with Gasteiger partial charge in [-0.25, -0.2) is 14.4 Å². The number of aromatic nitrogens is 3. The molecule has 0 spiro atoms. The molecule has 9 heteroatoms. The topological polar surface area (TPSA) is 96.0 Å². The summed E-state index contributed by atoms with van der Waals surface area (Å²) in [4.78, 5) is 8.70. The average molecular weight is 444 g/mol. The normalized spacial score (nSPS) is 19.0. The largest absolute Gasteiger partial charge is 0.389 e. The zero-order valence-corrected chi connectivity index (χ0v) is 18.2. The number of aliphatic hydroxyl groups excluding tert-OH is 1. The van der Waals surface area contributed by atoms with E-state index in [9.17, 15) is 10.4 Å². The van der Waals surface area contributed by atoms with Gasteiger partial charge in [0.15, 0.2) is 0 Å². The van der Waals surface area contributed by atoms with Crippen LogP contribution in [0.5, 0.6) is 0 Å². The van der Waals surface area contributed by atoms with E-state index in [0.29, 0.717) is 52.4 Å². The van der Waals surface area contributed by atoms with E-state index < -0.39 is 11.9 Å². The minimum Gasteiger partial charge on any atom is -0.389 e. The van der Waals surface area contributed by atoms with Crippen LogP contribution in [0.25, 0.3) is 22.2 Å². The van der Waals surface area contributed by atoms with E-state index in [2.05, 4.69) is 21.4 Å². The van der Waals surface area contributed by atoms with Crippen LogP contribution < -0.4 is 5.32 Å². The molecule has 0 aliphatic carbocycles. The van der Waals surface area contributed by atoms with E-state index >= 15 is 4.39 Å². The Bertz CT molecular complexity index is 1190. The maximum absolute atomic E-state index is 15.2. The summed E-state index contributed by atoms with van der Waals surface area (Å²) in [7, 11) is 0. The molecule has 31 heavy (non-hydrogen) atoms. The van der Waals surface area contributed by atoms with Crippen molar-refractivity contribution in [2.24, 2.45) is 0 Å². The molecule has 0 amide bonds. The summed E-state index contributed by atoms with van der Waals surface area (Å²) >= 11 is 6.37. The van der Waals surface area contributed by atoms with Crippen molar-refractivity contribution < 1.29 is 14.2 Å². The van der Waals surface area contributed by atoms with Gasteiger partial charge in [-0.3, -0.25) is 0 Å². The number of nitriles is 1. The second-order valence-corrected chi connectivity index (χ2v) is 8.37. The molecule has 1 aromatic carbocycles. The number of nitrogens with zero attached hydrogens (tertiary/aromatic N) is 4. The van der Waals surface area contributed by atoms with Gasteiger partial charge in [0.25, 0.3) is 0 Å².